The largest absolute Gasteiger partial charge is 0.399 e. The molecular formula is C12H10N2O3. The van der Waals surface area contributed by atoms with E-state index in [1.165, 1.54) is 13.4 Å². The zero-order valence-electron chi connectivity index (χ0n) is 9.16. The van der Waals surface area contributed by atoms with E-state index < -0.39 is 0 Å². The van der Waals surface area contributed by atoms with Gasteiger partial charge >= 0.3 is 0 Å². The second-order valence-corrected chi connectivity index (χ2v) is 3.21. The van der Waals surface area contributed by atoms with Crippen molar-refractivity contribution in [3.8, 4) is 0 Å². The smallest absolute Gasteiger partial charge is 0.150 e. The number of oxime groups is 1. The summed E-state index contributed by atoms with van der Waals surface area (Å²) in [5, 5.41) is 7.67. The van der Waals surface area contributed by atoms with Crippen molar-refractivity contribution in [3.05, 3.63) is 53.4 Å². The number of aldehydes is 1. The number of carbonyl (C=O) groups is 1. The molecule has 0 aliphatic rings. The third-order valence-corrected chi connectivity index (χ3v) is 2.21. The summed E-state index contributed by atoms with van der Waals surface area (Å²) in [6.07, 6.45) is 2.20. The van der Waals surface area contributed by atoms with Crippen LogP contribution in [0, 0.1) is 0 Å². The Kier molecular flexibility index (Phi) is 3.30. The van der Waals surface area contributed by atoms with Crippen LogP contribution < -0.4 is 0 Å². The summed E-state index contributed by atoms with van der Waals surface area (Å²) in [5.74, 6) is 0. The Labute approximate surface area is 97.7 Å². The van der Waals surface area contributed by atoms with Gasteiger partial charge in [-0.2, -0.15) is 0 Å². The van der Waals surface area contributed by atoms with Crippen LogP contribution in [0.25, 0.3) is 0 Å². The first-order chi connectivity index (χ1) is 8.36. The second-order valence-electron chi connectivity index (χ2n) is 3.21. The molecule has 2 rings (SSSR count). The molecule has 17 heavy (non-hydrogen) atoms. The average Bonchev–Trinajstić information content (AvgIpc) is 2.89. The second kappa shape index (κ2) is 5.07. The lowest BCUT2D eigenvalue weighted by molar-refractivity contribution is 0.112. The van der Waals surface area contributed by atoms with E-state index in [2.05, 4.69) is 10.3 Å². The average molecular weight is 230 g/mol. The van der Waals surface area contributed by atoms with Gasteiger partial charge in [0.25, 0.3) is 0 Å². The molecule has 0 spiro atoms. The molecule has 0 amide bonds. The maximum atomic E-state index is 11.0. The van der Waals surface area contributed by atoms with Gasteiger partial charge in [0.2, 0.25) is 0 Å². The fourth-order valence-corrected chi connectivity index (χ4v) is 1.48. The summed E-state index contributed by atoms with van der Waals surface area (Å²) in [5.41, 5.74) is 2.15. The lowest BCUT2D eigenvalue weighted by atomic mass is 10.0. The van der Waals surface area contributed by atoms with Crippen LogP contribution in [-0.4, -0.2) is 24.3 Å². The highest BCUT2D eigenvalue weighted by Crippen LogP contribution is 2.13. The highest BCUT2D eigenvalue weighted by Gasteiger charge is 2.14. The Morgan fingerprint density at radius 1 is 1.41 bits per heavy atom. The van der Waals surface area contributed by atoms with Crippen LogP contribution in [0.4, 0.5) is 0 Å². The Morgan fingerprint density at radius 2 is 2.24 bits per heavy atom. The first-order valence-corrected chi connectivity index (χ1v) is 4.93. The van der Waals surface area contributed by atoms with Crippen molar-refractivity contribution in [1.82, 2.24) is 5.16 Å². The Balaban J connectivity index is 2.54. The van der Waals surface area contributed by atoms with Gasteiger partial charge in [-0.15, -0.1) is 0 Å². The van der Waals surface area contributed by atoms with E-state index in [-0.39, 0.29) is 0 Å². The number of nitrogens with zero attached hydrogens (tertiary/aromatic N) is 2. The van der Waals surface area contributed by atoms with E-state index >= 15 is 0 Å². The molecular weight excluding hydrogens is 220 g/mol. The molecule has 0 unspecified atom stereocenters. The monoisotopic (exact) mass is 230 g/mol. The molecule has 0 saturated heterocycles. The van der Waals surface area contributed by atoms with Crippen molar-refractivity contribution in [3.63, 3.8) is 0 Å². The molecule has 2 aromatic rings. The number of benzene rings is 1. The quantitative estimate of drug-likeness (QED) is 0.457. The molecule has 0 bridgehead atoms. The molecule has 0 radical (unpaired) electrons. The highest BCUT2D eigenvalue weighted by atomic mass is 16.6. The molecule has 1 aromatic heterocycles. The van der Waals surface area contributed by atoms with Crippen LogP contribution >= 0.6 is 0 Å². The number of aromatic nitrogens is 1. The lowest BCUT2D eigenvalue weighted by Crippen LogP contribution is -2.07. The summed E-state index contributed by atoms with van der Waals surface area (Å²) in [4.78, 5) is 15.7. The van der Waals surface area contributed by atoms with Gasteiger partial charge < -0.3 is 9.36 Å². The zero-order chi connectivity index (χ0) is 12.1. The van der Waals surface area contributed by atoms with Gasteiger partial charge in [0.15, 0.2) is 6.29 Å². The minimum Gasteiger partial charge on any atom is -0.399 e. The Hall–Kier alpha value is -2.43. The van der Waals surface area contributed by atoms with Gasteiger partial charge in [0.05, 0.1) is 0 Å². The number of hydrogen-bond acceptors (Lipinski definition) is 5. The van der Waals surface area contributed by atoms with E-state index in [0.717, 1.165) is 6.29 Å². The fourth-order valence-electron chi connectivity index (χ4n) is 1.48. The van der Waals surface area contributed by atoms with E-state index in [4.69, 9.17) is 9.36 Å². The van der Waals surface area contributed by atoms with Crippen molar-refractivity contribution in [1.29, 1.82) is 0 Å². The molecule has 5 heteroatoms. The van der Waals surface area contributed by atoms with Crippen LogP contribution in [0.3, 0.4) is 0 Å². The van der Waals surface area contributed by atoms with Crippen molar-refractivity contribution in [2.75, 3.05) is 7.11 Å². The molecule has 0 fully saturated rings. The minimum absolute atomic E-state index is 0.462. The van der Waals surface area contributed by atoms with Crippen LogP contribution in [0.15, 0.2) is 46.3 Å². The number of rotatable bonds is 4. The van der Waals surface area contributed by atoms with Crippen molar-refractivity contribution in [2.24, 2.45) is 5.16 Å². The van der Waals surface area contributed by atoms with Crippen molar-refractivity contribution < 1.29 is 14.2 Å². The van der Waals surface area contributed by atoms with Crippen molar-refractivity contribution in [2.45, 2.75) is 0 Å². The zero-order valence-corrected chi connectivity index (χ0v) is 9.16. The summed E-state index contributed by atoms with van der Waals surface area (Å²) in [7, 11) is 1.43. The van der Waals surface area contributed by atoms with Gasteiger partial charge in [-0.05, 0) is 0 Å². The molecule has 0 aliphatic heterocycles. The summed E-state index contributed by atoms with van der Waals surface area (Å²) in [6, 6.07) is 8.72. The first-order valence-electron chi connectivity index (χ1n) is 4.93. The van der Waals surface area contributed by atoms with Crippen LogP contribution in [0.5, 0.6) is 0 Å². The highest BCUT2D eigenvalue weighted by molar-refractivity contribution is 6.14. The van der Waals surface area contributed by atoms with E-state index in [1.54, 1.807) is 24.3 Å². The van der Waals surface area contributed by atoms with Gasteiger partial charge in [-0.1, -0.05) is 34.6 Å². The summed E-state index contributed by atoms with van der Waals surface area (Å²) >= 11 is 0. The molecule has 1 heterocycles. The fraction of sp³-hybridized carbons (Fsp3) is 0.0833. The molecule has 0 atom stereocenters. The summed E-state index contributed by atoms with van der Waals surface area (Å²) in [6.45, 7) is 0. The molecule has 86 valence electrons. The molecule has 0 N–H and O–H groups in total. The maximum absolute atomic E-state index is 11.0. The lowest BCUT2D eigenvalue weighted by Gasteiger charge is -2.04. The molecule has 5 nitrogen and oxygen atoms in total. The first kappa shape index (κ1) is 11.1. The van der Waals surface area contributed by atoms with Gasteiger partial charge in [-0.3, -0.25) is 4.79 Å². The van der Waals surface area contributed by atoms with Crippen LogP contribution in [-0.2, 0) is 4.84 Å². The van der Waals surface area contributed by atoms with E-state index in [0.29, 0.717) is 22.5 Å². The van der Waals surface area contributed by atoms with Crippen molar-refractivity contribution >= 4 is 12.0 Å². The topological polar surface area (TPSA) is 64.7 Å². The van der Waals surface area contributed by atoms with E-state index in [1.807, 2.05) is 6.07 Å². The maximum Gasteiger partial charge on any atom is 0.150 e. The van der Waals surface area contributed by atoms with Crippen LogP contribution in [0.1, 0.15) is 21.6 Å². The third kappa shape index (κ3) is 2.23. The summed E-state index contributed by atoms with van der Waals surface area (Å²) < 4.78 is 4.76. The molecule has 1 aromatic carbocycles. The minimum atomic E-state index is 0.462. The third-order valence-electron chi connectivity index (χ3n) is 2.21. The van der Waals surface area contributed by atoms with E-state index in [9.17, 15) is 4.79 Å². The van der Waals surface area contributed by atoms with Crippen LogP contribution in [0.2, 0.25) is 0 Å². The standard InChI is InChI=1S/C12H10N2O3/c1-16-14-12(11-6-7-17-13-11)10-5-3-2-4-9(10)8-15/h2-8H,1H3. The van der Waals surface area contributed by atoms with Gasteiger partial charge in [0.1, 0.15) is 24.8 Å². The Bertz CT molecular complexity index is 532. The molecule has 0 aliphatic carbocycles. The molecule has 0 saturated carbocycles. The predicted octanol–water partition coefficient (Wildman–Crippen LogP) is 1.89. The predicted molar refractivity (Wildman–Crippen MR) is 61.0 cm³/mol. The van der Waals surface area contributed by atoms with Gasteiger partial charge in [0, 0.05) is 17.2 Å². The Morgan fingerprint density at radius 3 is 2.88 bits per heavy atom. The normalized spacial score (nSPS) is 11.2. The van der Waals surface area contributed by atoms with Gasteiger partial charge in [-0.25, -0.2) is 0 Å². The SMILES string of the molecule is CON=C(c1ccon1)c1ccccc1C=O. The number of carbonyl (C=O) groups excluding carboxylic acids is 1. The number of hydrogen-bond donors (Lipinski definition) is 0.